The van der Waals surface area contributed by atoms with Crippen molar-refractivity contribution in [2.24, 2.45) is 0 Å². The molecule has 3 aromatic rings. The molecule has 0 radical (unpaired) electrons. The number of fused-ring (bicyclic) bond motifs is 5. The Bertz CT molecular complexity index is 1400. The van der Waals surface area contributed by atoms with Crippen LogP contribution in [-0.4, -0.2) is 45.2 Å². The van der Waals surface area contributed by atoms with Gasteiger partial charge in [-0.2, -0.15) is 0 Å². The average Bonchev–Trinajstić information content (AvgIpc) is 3.22. The van der Waals surface area contributed by atoms with Gasteiger partial charge in [0.1, 0.15) is 12.4 Å². The summed E-state index contributed by atoms with van der Waals surface area (Å²) in [5.41, 5.74) is 1.45. The molecular weight excluding hydrogens is 438 g/mol. The number of aromatic nitrogens is 2. The number of hydrogen-bond acceptors (Lipinski definition) is 8. The number of carbonyl (C=O) groups is 1. The predicted octanol–water partition coefficient (Wildman–Crippen LogP) is 2.23. The molecule has 9 heteroatoms. The van der Waals surface area contributed by atoms with Gasteiger partial charge in [-0.3, -0.25) is 4.79 Å². The first-order chi connectivity index (χ1) is 16.4. The van der Waals surface area contributed by atoms with Crippen LogP contribution in [0.15, 0.2) is 29.1 Å². The number of cyclic esters (lactones) is 1. The van der Waals surface area contributed by atoms with Crippen LogP contribution in [0, 0.1) is 5.41 Å². The summed E-state index contributed by atoms with van der Waals surface area (Å²) in [7, 11) is 0. The first kappa shape index (κ1) is 22.2. The van der Waals surface area contributed by atoms with Crippen molar-refractivity contribution < 1.29 is 24.5 Å². The van der Waals surface area contributed by atoms with Crippen molar-refractivity contribution in [3.63, 3.8) is 0 Å². The third-order valence-corrected chi connectivity index (χ3v) is 6.62. The van der Waals surface area contributed by atoms with E-state index in [-0.39, 0.29) is 42.9 Å². The summed E-state index contributed by atoms with van der Waals surface area (Å²) in [6, 6.07) is 7.09. The smallest absolute Gasteiger partial charge is 0.343 e. The number of hydrogen-bond donors (Lipinski definition) is 3. The van der Waals surface area contributed by atoms with E-state index >= 15 is 0 Å². The number of carbonyl (C=O) groups excluding carboxylic acids is 1. The minimum Gasteiger partial charge on any atom is -0.492 e. The Kier molecular flexibility index (Phi) is 5.45. The summed E-state index contributed by atoms with van der Waals surface area (Å²) in [4.78, 5) is 30.6. The van der Waals surface area contributed by atoms with E-state index in [1.807, 2.05) is 6.07 Å². The second-order valence-electron chi connectivity index (χ2n) is 8.57. The zero-order valence-corrected chi connectivity index (χ0v) is 18.8. The van der Waals surface area contributed by atoms with E-state index in [0.29, 0.717) is 47.7 Å². The van der Waals surface area contributed by atoms with E-state index < -0.39 is 11.6 Å². The number of unbranched alkanes of at least 4 members (excludes halogenated alkanes) is 1. The Hall–Kier alpha value is -3.56. The highest BCUT2D eigenvalue weighted by Crippen LogP contribution is 2.43. The molecule has 2 aliphatic heterocycles. The van der Waals surface area contributed by atoms with Gasteiger partial charge in [0.2, 0.25) is 0 Å². The molecule has 2 aliphatic rings. The standard InChI is InChI=1S/C25H25N3O6/c1-2-25(32)18-10-20-21-16(12-28(20)23(30)17(18)13-34-24(25)31)22(33-8-4-3-7-29)15-9-14(11-26)5-6-19(15)27-21/h5-6,9-11,26,29,32H,2-4,7-8,12-13H2,1H3. The van der Waals surface area contributed by atoms with E-state index in [2.05, 4.69) is 0 Å². The van der Waals surface area contributed by atoms with Crippen molar-refractivity contribution in [3.8, 4) is 17.1 Å². The summed E-state index contributed by atoms with van der Waals surface area (Å²) in [5.74, 6) is -0.176. The molecule has 2 aromatic heterocycles. The second kappa shape index (κ2) is 8.34. The molecule has 0 saturated carbocycles. The number of aliphatic hydroxyl groups is 2. The van der Waals surface area contributed by atoms with Gasteiger partial charge in [-0.15, -0.1) is 0 Å². The van der Waals surface area contributed by atoms with Crippen molar-refractivity contribution in [1.29, 1.82) is 5.41 Å². The Morgan fingerprint density at radius 3 is 2.82 bits per heavy atom. The Labute approximate surface area is 195 Å². The molecule has 5 rings (SSSR count). The fraction of sp³-hybridized carbons (Fsp3) is 0.360. The van der Waals surface area contributed by atoms with Gasteiger partial charge in [0.05, 0.1) is 35.6 Å². The lowest BCUT2D eigenvalue weighted by atomic mass is 9.86. The van der Waals surface area contributed by atoms with Crippen LogP contribution in [0.4, 0.5) is 0 Å². The van der Waals surface area contributed by atoms with Crippen molar-refractivity contribution in [3.05, 3.63) is 56.9 Å². The summed E-state index contributed by atoms with van der Waals surface area (Å²) in [6.45, 7) is 2.15. The molecule has 0 spiro atoms. The molecule has 0 aliphatic carbocycles. The highest BCUT2D eigenvalue weighted by atomic mass is 16.6. The quantitative estimate of drug-likeness (QED) is 0.217. The first-order valence-corrected chi connectivity index (χ1v) is 11.3. The summed E-state index contributed by atoms with van der Waals surface area (Å²) >= 11 is 0. The predicted molar refractivity (Wildman–Crippen MR) is 124 cm³/mol. The Morgan fingerprint density at radius 2 is 2.09 bits per heavy atom. The molecular formula is C25H25N3O6. The van der Waals surface area contributed by atoms with Gasteiger partial charge >= 0.3 is 5.97 Å². The van der Waals surface area contributed by atoms with Gasteiger partial charge in [0, 0.05) is 29.3 Å². The lowest BCUT2D eigenvalue weighted by Crippen LogP contribution is -2.44. The van der Waals surface area contributed by atoms with Gasteiger partial charge in [0.25, 0.3) is 5.56 Å². The highest BCUT2D eigenvalue weighted by Gasteiger charge is 2.45. The molecule has 1 atom stereocenters. The molecule has 1 unspecified atom stereocenters. The number of ether oxygens (including phenoxy) is 2. The molecule has 34 heavy (non-hydrogen) atoms. The maximum atomic E-state index is 13.4. The van der Waals surface area contributed by atoms with Crippen molar-refractivity contribution in [2.45, 2.75) is 44.9 Å². The fourth-order valence-electron chi connectivity index (χ4n) is 4.70. The van der Waals surface area contributed by atoms with E-state index in [1.54, 1.807) is 29.7 Å². The minimum atomic E-state index is -1.88. The number of rotatable bonds is 7. The normalized spacial score (nSPS) is 18.3. The Morgan fingerprint density at radius 1 is 1.26 bits per heavy atom. The molecule has 1 aromatic carbocycles. The van der Waals surface area contributed by atoms with Crippen LogP contribution in [-0.2, 0) is 28.3 Å². The minimum absolute atomic E-state index is 0.0734. The number of aliphatic hydroxyl groups excluding tert-OH is 1. The van der Waals surface area contributed by atoms with E-state index in [1.165, 1.54) is 6.21 Å². The van der Waals surface area contributed by atoms with Crippen molar-refractivity contribution in [1.82, 2.24) is 9.55 Å². The molecule has 0 amide bonds. The third-order valence-electron chi connectivity index (χ3n) is 6.62. The number of esters is 1. The van der Waals surface area contributed by atoms with Gasteiger partial charge in [-0.05, 0) is 43.0 Å². The molecule has 0 saturated heterocycles. The SMILES string of the molecule is CCC1(O)C(=O)OCc2c1cc1n(c2=O)Cc2c-1nc1ccc(C=N)cc1c2OCCCCO. The van der Waals surface area contributed by atoms with E-state index in [9.17, 15) is 14.7 Å². The van der Waals surface area contributed by atoms with E-state index in [0.717, 1.165) is 10.9 Å². The molecule has 9 nitrogen and oxygen atoms in total. The lowest BCUT2D eigenvalue weighted by molar-refractivity contribution is -0.172. The molecule has 0 fully saturated rings. The summed E-state index contributed by atoms with van der Waals surface area (Å²) in [6.07, 6.45) is 2.58. The van der Waals surface area contributed by atoms with Crippen LogP contribution < -0.4 is 10.3 Å². The maximum Gasteiger partial charge on any atom is 0.343 e. The zero-order chi connectivity index (χ0) is 24.0. The van der Waals surface area contributed by atoms with Crippen LogP contribution in [0.5, 0.6) is 5.75 Å². The van der Waals surface area contributed by atoms with Crippen molar-refractivity contribution in [2.75, 3.05) is 13.2 Å². The molecule has 0 bridgehead atoms. The number of nitrogens with one attached hydrogen (secondary N) is 1. The number of benzene rings is 1. The van der Waals surface area contributed by atoms with Crippen molar-refractivity contribution >= 4 is 23.1 Å². The van der Waals surface area contributed by atoms with E-state index in [4.69, 9.17) is 25.0 Å². The molecule has 176 valence electrons. The average molecular weight is 463 g/mol. The second-order valence-corrected chi connectivity index (χ2v) is 8.57. The molecule has 4 heterocycles. The fourth-order valence-corrected chi connectivity index (χ4v) is 4.70. The van der Waals surface area contributed by atoms with Gasteiger partial charge in [-0.1, -0.05) is 13.0 Å². The van der Waals surface area contributed by atoms with Crippen LogP contribution in [0.25, 0.3) is 22.3 Å². The monoisotopic (exact) mass is 463 g/mol. The highest BCUT2D eigenvalue weighted by molar-refractivity contribution is 5.95. The lowest BCUT2D eigenvalue weighted by Gasteiger charge is -2.31. The number of nitrogens with zero attached hydrogens (tertiary/aromatic N) is 2. The topological polar surface area (TPSA) is 135 Å². The van der Waals surface area contributed by atoms with Crippen LogP contribution >= 0.6 is 0 Å². The first-order valence-electron chi connectivity index (χ1n) is 11.3. The van der Waals surface area contributed by atoms with Crippen LogP contribution in [0.1, 0.15) is 48.4 Å². The van der Waals surface area contributed by atoms with Crippen LogP contribution in [0.2, 0.25) is 0 Å². The van der Waals surface area contributed by atoms with Gasteiger partial charge in [-0.25, -0.2) is 9.78 Å². The van der Waals surface area contributed by atoms with Gasteiger partial charge in [0.15, 0.2) is 5.60 Å². The van der Waals surface area contributed by atoms with Gasteiger partial charge < -0.3 is 29.7 Å². The summed E-state index contributed by atoms with van der Waals surface area (Å²) in [5, 5.41) is 28.5. The Balaban J connectivity index is 1.73. The summed E-state index contributed by atoms with van der Waals surface area (Å²) < 4.78 is 12.9. The van der Waals surface area contributed by atoms with Crippen LogP contribution in [0.3, 0.4) is 0 Å². The maximum absolute atomic E-state index is 13.4. The molecule has 3 N–H and O–H groups in total. The number of pyridine rings is 2. The zero-order valence-electron chi connectivity index (χ0n) is 18.8. The third kappa shape index (κ3) is 3.23. The largest absolute Gasteiger partial charge is 0.492 e.